The third kappa shape index (κ3) is 8.40. The molecule has 0 aromatic heterocycles. The highest BCUT2D eigenvalue weighted by atomic mass is 32.3. The third-order valence-electron chi connectivity index (χ3n) is 1.46. The lowest BCUT2D eigenvalue weighted by Crippen LogP contribution is -2.09. The van der Waals surface area contributed by atoms with Crippen LogP contribution in [0.4, 0.5) is 0 Å². The highest BCUT2D eigenvalue weighted by Gasteiger charge is 2.06. The van der Waals surface area contributed by atoms with Crippen LogP contribution >= 0.6 is 0 Å². The number of benzene rings is 1. The van der Waals surface area contributed by atoms with E-state index in [-0.39, 0.29) is 13.2 Å². The van der Waals surface area contributed by atoms with Crippen LogP contribution in [0.5, 0.6) is 0 Å². The first-order chi connectivity index (χ1) is 7.52. The summed E-state index contributed by atoms with van der Waals surface area (Å²) in [6, 6.07) is 10.3. The first kappa shape index (κ1) is 15.1. The molecule has 16 heavy (non-hydrogen) atoms. The van der Waals surface area contributed by atoms with Gasteiger partial charge in [0, 0.05) is 0 Å². The molecule has 92 valence electrons. The van der Waals surface area contributed by atoms with Crippen LogP contribution in [0, 0.1) is 6.92 Å². The smallest absolute Gasteiger partial charge is 0.248 e. The van der Waals surface area contributed by atoms with Crippen LogP contribution in [0.3, 0.4) is 0 Å². The van der Waals surface area contributed by atoms with Crippen molar-refractivity contribution < 1.29 is 16.8 Å². The Balaban J connectivity index is 0.000000288. The van der Waals surface area contributed by atoms with E-state index in [2.05, 4.69) is 27.4 Å². The van der Waals surface area contributed by atoms with Crippen LogP contribution in [0.15, 0.2) is 30.3 Å². The number of rotatable bonds is 4. The molecule has 0 radical (unpaired) electrons. The van der Waals surface area contributed by atoms with Gasteiger partial charge in [-0.05, 0) is 20.8 Å². The fourth-order valence-corrected chi connectivity index (χ4v) is 1.50. The van der Waals surface area contributed by atoms with Gasteiger partial charge in [-0.25, -0.2) is 8.37 Å². The van der Waals surface area contributed by atoms with Crippen molar-refractivity contribution in [2.75, 3.05) is 13.2 Å². The minimum Gasteiger partial charge on any atom is -0.248 e. The van der Waals surface area contributed by atoms with E-state index in [1.165, 1.54) is 5.56 Å². The molecule has 1 rings (SSSR count). The van der Waals surface area contributed by atoms with Gasteiger partial charge in [0.25, 0.3) is 0 Å². The second-order valence-corrected chi connectivity index (χ2v) is 4.16. The van der Waals surface area contributed by atoms with Crippen LogP contribution in [-0.2, 0) is 18.8 Å². The van der Waals surface area contributed by atoms with Gasteiger partial charge in [0.15, 0.2) is 0 Å². The maximum atomic E-state index is 10.4. The zero-order chi connectivity index (χ0) is 12.4. The Bertz CT molecular complexity index is 347. The molecule has 0 saturated carbocycles. The lowest BCUT2D eigenvalue weighted by Gasteiger charge is -1.99. The van der Waals surface area contributed by atoms with Crippen molar-refractivity contribution in [2.45, 2.75) is 20.8 Å². The van der Waals surface area contributed by atoms with Crippen molar-refractivity contribution in [2.24, 2.45) is 0 Å². The Morgan fingerprint density at radius 1 is 1.00 bits per heavy atom. The Labute approximate surface area is 97.5 Å². The summed E-state index contributed by atoms with van der Waals surface area (Å²) in [5.74, 6) is 0. The molecule has 4 nitrogen and oxygen atoms in total. The largest absolute Gasteiger partial charge is 0.399 e. The van der Waals surface area contributed by atoms with Crippen LogP contribution in [-0.4, -0.2) is 21.6 Å². The number of hydrogen-bond donors (Lipinski definition) is 0. The van der Waals surface area contributed by atoms with E-state index in [9.17, 15) is 8.42 Å². The quantitative estimate of drug-likeness (QED) is 0.818. The summed E-state index contributed by atoms with van der Waals surface area (Å²) < 4.78 is 29.2. The van der Waals surface area contributed by atoms with Gasteiger partial charge >= 0.3 is 10.4 Å². The van der Waals surface area contributed by atoms with E-state index < -0.39 is 10.4 Å². The molecule has 0 unspecified atom stereocenters. The number of hydrogen-bond acceptors (Lipinski definition) is 4. The molecule has 0 spiro atoms. The van der Waals surface area contributed by atoms with E-state index in [0.717, 1.165) is 0 Å². The van der Waals surface area contributed by atoms with Gasteiger partial charge in [0.2, 0.25) is 0 Å². The second-order valence-electron chi connectivity index (χ2n) is 2.88. The fraction of sp³-hybridized carbons (Fsp3) is 0.455. The normalized spacial score (nSPS) is 10.4. The lowest BCUT2D eigenvalue weighted by atomic mass is 10.2. The molecule has 0 atom stereocenters. The second kappa shape index (κ2) is 8.27. The van der Waals surface area contributed by atoms with Crippen molar-refractivity contribution >= 4 is 10.4 Å². The molecule has 0 fully saturated rings. The molecular formula is C11H18O4S. The molecule has 0 saturated heterocycles. The molecule has 0 aliphatic rings. The SMILES string of the molecule is CCOS(=O)(=O)OCC.Cc1ccccc1. The highest BCUT2D eigenvalue weighted by Crippen LogP contribution is 1.93. The summed E-state index contributed by atoms with van der Waals surface area (Å²) >= 11 is 0. The summed E-state index contributed by atoms with van der Waals surface area (Å²) in [6.45, 7) is 5.47. The molecule has 0 amide bonds. The van der Waals surface area contributed by atoms with Gasteiger partial charge in [-0.1, -0.05) is 35.9 Å². The Morgan fingerprint density at radius 2 is 1.44 bits per heavy atom. The summed E-state index contributed by atoms with van der Waals surface area (Å²) in [4.78, 5) is 0. The lowest BCUT2D eigenvalue weighted by molar-refractivity contribution is 0.231. The van der Waals surface area contributed by atoms with Crippen molar-refractivity contribution in [3.8, 4) is 0 Å². The van der Waals surface area contributed by atoms with E-state index >= 15 is 0 Å². The van der Waals surface area contributed by atoms with Gasteiger partial charge < -0.3 is 0 Å². The average molecular weight is 246 g/mol. The maximum absolute atomic E-state index is 10.4. The van der Waals surface area contributed by atoms with E-state index in [1.807, 2.05) is 18.2 Å². The third-order valence-corrected chi connectivity index (χ3v) is 2.51. The summed E-state index contributed by atoms with van der Waals surface area (Å²) in [5.41, 5.74) is 1.32. The van der Waals surface area contributed by atoms with Crippen molar-refractivity contribution in [3.63, 3.8) is 0 Å². The van der Waals surface area contributed by atoms with Gasteiger partial charge in [-0.15, -0.1) is 0 Å². The van der Waals surface area contributed by atoms with Crippen molar-refractivity contribution in [1.82, 2.24) is 0 Å². The van der Waals surface area contributed by atoms with Gasteiger partial charge in [-0.2, -0.15) is 8.42 Å². The molecule has 1 aromatic rings. The van der Waals surface area contributed by atoms with Crippen LogP contribution in [0.1, 0.15) is 19.4 Å². The minimum atomic E-state index is -3.68. The highest BCUT2D eigenvalue weighted by molar-refractivity contribution is 7.81. The predicted octanol–water partition coefficient (Wildman–Crippen LogP) is 2.30. The minimum absolute atomic E-state index is 0.113. The van der Waals surface area contributed by atoms with Gasteiger partial charge in [0.05, 0.1) is 13.2 Å². The molecular weight excluding hydrogens is 228 g/mol. The Hall–Kier alpha value is -0.910. The van der Waals surface area contributed by atoms with Gasteiger partial charge in [-0.3, -0.25) is 0 Å². The van der Waals surface area contributed by atoms with Gasteiger partial charge in [0.1, 0.15) is 0 Å². The molecule has 0 bridgehead atoms. The first-order valence-electron chi connectivity index (χ1n) is 5.07. The Morgan fingerprint density at radius 3 is 1.69 bits per heavy atom. The average Bonchev–Trinajstić information content (AvgIpc) is 2.19. The summed E-state index contributed by atoms with van der Waals surface area (Å²) in [7, 11) is -3.68. The van der Waals surface area contributed by atoms with Crippen molar-refractivity contribution in [3.05, 3.63) is 35.9 Å². The van der Waals surface area contributed by atoms with Crippen molar-refractivity contribution in [1.29, 1.82) is 0 Å². The molecule has 1 aromatic carbocycles. The van der Waals surface area contributed by atoms with Crippen LogP contribution < -0.4 is 0 Å². The number of aryl methyl sites for hydroxylation is 1. The molecule has 5 heteroatoms. The standard InChI is InChI=1S/C7H8.C4H10O4S/c1-7-5-3-2-4-6-7;1-3-7-9(5,6)8-4-2/h2-6H,1H3;3-4H2,1-2H3. The zero-order valence-electron chi connectivity index (χ0n) is 9.84. The zero-order valence-corrected chi connectivity index (χ0v) is 10.7. The molecule has 0 heterocycles. The predicted molar refractivity (Wildman–Crippen MR) is 63.4 cm³/mol. The summed E-state index contributed by atoms with van der Waals surface area (Å²) in [5, 5.41) is 0. The molecule has 0 N–H and O–H groups in total. The first-order valence-corrected chi connectivity index (χ1v) is 6.40. The van der Waals surface area contributed by atoms with E-state index in [0.29, 0.717) is 0 Å². The van der Waals surface area contributed by atoms with E-state index in [4.69, 9.17) is 0 Å². The molecule has 0 aliphatic heterocycles. The monoisotopic (exact) mass is 246 g/mol. The Kier molecular flexibility index (Phi) is 7.80. The fourth-order valence-electron chi connectivity index (χ4n) is 0.857. The maximum Gasteiger partial charge on any atom is 0.399 e. The summed E-state index contributed by atoms with van der Waals surface area (Å²) in [6.07, 6.45) is 0. The van der Waals surface area contributed by atoms with E-state index in [1.54, 1.807) is 13.8 Å². The van der Waals surface area contributed by atoms with Crippen LogP contribution in [0.2, 0.25) is 0 Å². The molecule has 0 aliphatic carbocycles. The topological polar surface area (TPSA) is 52.6 Å². The van der Waals surface area contributed by atoms with Crippen LogP contribution in [0.25, 0.3) is 0 Å².